The van der Waals surface area contributed by atoms with E-state index in [1.807, 2.05) is 17.5 Å². The summed E-state index contributed by atoms with van der Waals surface area (Å²) in [5.41, 5.74) is 1.12. The number of ether oxygens (including phenoxy) is 1. The van der Waals surface area contributed by atoms with Crippen molar-refractivity contribution in [1.82, 2.24) is 0 Å². The van der Waals surface area contributed by atoms with E-state index in [1.54, 1.807) is 29.5 Å². The molecule has 1 heterocycles. The van der Waals surface area contributed by atoms with Crippen LogP contribution in [0.1, 0.15) is 5.56 Å². The molecule has 0 aliphatic heterocycles. The van der Waals surface area contributed by atoms with Crippen molar-refractivity contribution in [2.75, 3.05) is 0 Å². The third-order valence-corrected chi connectivity index (χ3v) is 3.40. The second-order valence-electron chi connectivity index (χ2n) is 3.05. The molecule has 0 bridgehead atoms. The zero-order valence-corrected chi connectivity index (χ0v) is 10.2. The molecule has 0 saturated carbocycles. The van der Waals surface area contributed by atoms with Gasteiger partial charge in [0.05, 0.1) is 3.79 Å². The van der Waals surface area contributed by atoms with Gasteiger partial charge >= 0.3 is 0 Å². The molecule has 15 heavy (non-hydrogen) atoms. The zero-order chi connectivity index (χ0) is 10.7. The summed E-state index contributed by atoms with van der Waals surface area (Å²) < 4.78 is 6.61. The number of phenolic OH excluding ortho intramolecular Hbond substituents is 1. The van der Waals surface area contributed by atoms with Crippen molar-refractivity contribution in [2.24, 2.45) is 0 Å². The largest absolute Gasteiger partial charge is 0.508 e. The Kier molecular flexibility index (Phi) is 3.28. The quantitative estimate of drug-likeness (QED) is 0.929. The Morgan fingerprint density at radius 2 is 2.20 bits per heavy atom. The first-order valence-corrected chi connectivity index (χ1v) is 6.06. The Balaban J connectivity index is 1.99. The smallest absolute Gasteiger partial charge is 0.123 e. The van der Waals surface area contributed by atoms with Crippen LogP contribution < -0.4 is 4.74 Å². The van der Waals surface area contributed by atoms with E-state index in [2.05, 4.69) is 15.9 Å². The molecule has 2 nitrogen and oxygen atoms in total. The van der Waals surface area contributed by atoms with E-state index in [1.165, 1.54) is 0 Å². The van der Waals surface area contributed by atoms with Crippen molar-refractivity contribution >= 4 is 27.3 Å². The van der Waals surface area contributed by atoms with Gasteiger partial charge in [-0.25, -0.2) is 0 Å². The maximum absolute atomic E-state index is 9.23. The fourth-order valence-electron chi connectivity index (χ4n) is 1.16. The minimum Gasteiger partial charge on any atom is -0.508 e. The predicted octanol–water partition coefficient (Wildman–Crippen LogP) is 3.80. The van der Waals surface area contributed by atoms with E-state index < -0.39 is 0 Å². The fraction of sp³-hybridized carbons (Fsp3) is 0.0909. The number of aromatic hydroxyl groups is 1. The minimum atomic E-state index is 0.221. The summed E-state index contributed by atoms with van der Waals surface area (Å²) >= 11 is 5.02. The summed E-state index contributed by atoms with van der Waals surface area (Å²) in [6, 6.07) is 8.82. The van der Waals surface area contributed by atoms with Crippen LogP contribution in [0.25, 0.3) is 0 Å². The molecular weight excluding hydrogens is 276 g/mol. The van der Waals surface area contributed by atoms with Gasteiger partial charge in [0, 0.05) is 11.6 Å². The molecule has 0 amide bonds. The third-order valence-electron chi connectivity index (χ3n) is 1.84. The van der Waals surface area contributed by atoms with Crippen LogP contribution in [0.2, 0.25) is 0 Å². The highest BCUT2D eigenvalue weighted by Crippen LogP contribution is 2.23. The number of hydrogen-bond donors (Lipinski definition) is 1. The van der Waals surface area contributed by atoms with Gasteiger partial charge in [-0.15, -0.1) is 11.3 Å². The molecule has 0 unspecified atom stereocenters. The SMILES string of the molecule is Oc1cccc(OCc2csc(Br)c2)c1. The standard InChI is InChI=1S/C11H9BrO2S/c12-11-4-8(7-15-11)6-14-10-3-1-2-9(13)5-10/h1-5,7,13H,6H2. The van der Waals surface area contributed by atoms with Crippen LogP contribution in [-0.4, -0.2) is 5.11 Å². The molecule has 4 heteroatoms. The average molecular weight is 285 g/mol. The topological polar surface area (TPSA) is 29.5 Å². The number of halogens is 1. The highest BCUT2D eigenvalue weighted by Gasteiger charge is 1.99. The van der Waals surface area contributed by atoms with E-state index in [-0.39, 0.29) is 5.75 Å². The second kappa shape index (κ2) is 4.68. The molecule has 78 valence electrons. The first-order valence-electron chi connectivity index (χ1n) is 4.39. The van der Waals surface area contributed by atoms with Crippen LogP contribution in [0.3, 0.4) is 0 Å². The molecule has 1 N–H and O–H groups in total. The molecule has 1 aromatic heterocycles. The number of hydrogen-bond acceptors (Lipinski definition) is 3. The highest BCUT2D eigenvalue weighted by molar-refractivity contribution is 9.11. The fourth-order valence-corrected chi connectivity index (χ4v) is 2.36. The lowest BCUT2D eigenvalue weighted by atomic mass is 10.3. The number of phenols is 1. The van der Waals surface area contributed by atoms with Gasteiger partial charge in [0.1, 0.15) is 18.1 Å². The minimum absolute atomic E-state index is 0.221. The van der Waals surface area contributed by atoms with Crippen molar-refractivity contribution in [1.29, 1.82) is 0 Å². The average Bonchev–Trinajstić information content (AvgIpc) is 2.62. The van der Waals surface area contributed by atoms with Crippen LogP contribution in [0.4, 0.5) is 0 Å². The normalized spacial score (nSPS) is 10.2. The van der Waals surface area contributed by atoms with Gasteiger partial charge in [-0.2, -0.15) is 0 Å². The maximum Gasteiger partial charge on any atom is 0.123 e. The summed E-state index contributed by atoms with van der Waals surface area (Å²) in [5.74, 6) is 0.899. The van der Waals surface area contributed by atoms with E-state index >= 15 is 0 Å². The number of rotatable bonds is 3. The number of thiophene rings is 1. The molecule has 2 rings (SSSR count). The van der Waals surface area contributed by atoms with Crippen LogP contribution >= 0.6 is 27.3 Å². The molecule has 0 aliphatic carbocycles. The van der Waals surface area contributed by atoms with Gasteiger partial charge in [0.25, 0.3) is 0 Å². The van der Waals surface area contributed by atoms with Gasteiger partial charge in [-0.1, -0.05) is 6.07 Å². The van der Waals surface area contributed by atoms with Crippen molar-refractivity contribution in [2.45, 2.75) is 6.61 Å². The van der Waals surface area contributed by atoms with Gasteiger partial charge in [0.15, 0.2) is 0 Å². The molecule has 2 aromatic rings. The molecule has 0 fully saturated rings. The Labute approximate surface area is 100 Å². The lowest BCUT2D eigenvalue weighted by Crippen LogP contribution is -1.92. The first-order chi connectivity index (χ1) is 7.24. The van der Waals surface area contributed by atoms with Crippen molar-refractivity contribution in [3.05, 3.63) is 45.1 Å². The number of benzene rings is 1. The molecular formula is C11H9BrO2S. The van der Waals surface area contributed by atoms with Gasteiger partial charge in [0.2, 0.25) is 0 Å². The zero-order valence-electron chi connectivity index (χ0n) is 7.81. The molecule has 0 spiro atoms. The first kappa shape index (κ1) is 10.5. The Morgan fingerprint density at radius 3 is 2.87 bits per heavy atom. The van der Waals surface area contributed by atoms with Crippen LogP contribution in [-0.2, 0) is 6.61 Å². The summed E-state index contributed by atoms with van der Waals surface area (Å²) in [7, 11) is 0. The molecule has 1 aromatic carbocycles. The van der Waals surface area contributed by atoms with Crippen LogP contribution in [0.15, 0.2) is 39.5 Å². The third kappa shape index (κ3) is 2.97. The highest BCUT2D eigenvalue weighted by atomic mass is 79.9. The molecule has 0 saturated heterocycles. The van der Waals surface area contributed by atoms with E-state index in [4.69, 9.17) is 4.74 Å². The Hall–Kier alpha value is -1.00. The van der Waals surface area contributed by atoms with Crippen molar-refractivity contribution < 1.29 is 9.84 Å². The second-order valence-corrected chi connectivity index (χ2v) is 5.34. The van der Waals surface area contributed by atoms with E-state index in [0.29, 0.717) is 12.4 Å². The van der Waals surface area contributed by atoms with Gasteiger partial charge < -0.3 is 9.84 Å². The van der Waals surface area contributed by atoms with Crippen molar-refractivity contribution in [3.63, 3.8) is 0 Å². The van der Waals surface area contributed by atoms with E-state index in [0.717, 1.165) is 9.35 Å². The van der Waals surface area contributed by atoms with Gasteiger partial charge in [-0.3, -0.25) is 0 Å². The van der Waals surface area contributed by atoms with Crippen LogP contribution in [0, 0.1) is 0 Å². The Bertz CT molecular complexity index is 453. The maximum atomic E-state index is 9.23. The molecule has 0 aliphatic rings. The van der Waals surface area contributed by atoms with Crippen LogP contribution in [0.5, 0.6) is 11.5 Å². The Morgan fingerprint density at radius 1 is 1.33 bits per heavy atom. The molecule has 0 radical (unpaired) electrons. The summed E-state index contributed by atoms with van der Waals surface area (Å²) in [6.07, 6.45) is 0. The molecule has 0 atom stereocenters. The lowest BCUT2D eigenvalue weighted by molar-refractivity contribution is 0.305. The summed E-state index contributed by atoms with van der Waals surface area (Å²) in [6.45, 7) is 0.519. The summed E-state index contributed by atoms with van der Waals surface area (Å²) in [4.78, 5) is 0. The lowest BCUT2D eigenvalue weighted by Gasteiger charge is -2.04. The van der Waals surface area contributed by atoms with Gasteiger partial charge in [-0.05, 0) is 39.5 Å². The monoisotopic (exact) mass is 284 g/mol. The summed E-state index contributed by atoms with van der Waals surface area (Å²) in [5, 5.41) is 11.3. The van der Waals surface area contributed by atoms with Crippen molar-refractivity contribution in [3.8, 4) is 11.5 Å². The van der Waals surface area contributed by atoms with E-state index in [9.17, 15) is 5.11 Å². The predicted molar refractivity (Wildman–Crippen MR) is 64.5 cm³/mol.